The standard InChI is InChI=1S/C22H33FN4O3/c1-18(2)17-30-22(29)27-9-5-8-24(10-11-27)16-21(28)26-14-12-25(13-15-26)20-7-4-3-6-19(20)23/h3-4,6-7,18H,5,8-17H2,1-2H3. The molecule has 1 aromatic carbocycles. The summed E-state index contributed by atoms with van der Waals surface area (Å²) < 4.78 is 19.3. The van der Waals surface area contributed by atoms with E-state index in [1.165, 1.54) is 6.07 Å². The van der Waals surface area contributed by atoms with Crippen LogP contribution in [0.1, 0.15) is 20.3 Å². The van der Waals surface area contributed by atoms with Gasteiger partial charge in [0.2, 0.25) is 5.91 Å². The number of anilines is 1. The van der Waals surface area contributed by atoms with Gasteiger partial charge >= 0.3 is 6.09 Å². The van der Waals surface area contributed by atoms with Gasteiger partial charge in [-0.25, -0.2) is 9.18 Å². The summed E-state index contributed by atoms with van der Waals surface area (Å²) >= 11 is 0. The van der Waals surface area contributed by atoms with Crippen molar-refractivity contribution in [2.24, 2.45) is 5.92 Å². The molecule has 7 nitrogen and oxygen atoms in total. The van der Waals surface area contributed by atoms with Crippen LogP contribution in [0.2, 0.25) is 0 Å². The van der Waals surface area contributed by atoms with E-state index in [-0.39, 0.29) is 17.8 Å². The van der Waals surface area contributed by atoms with Crippen molar-refractivity contribution in [3.63, 3.8) is 0 Å². The Kier molecular flexibility index (Phi) is 7.90. The number of halogens is 1. The van der Waals surface area contributed by atoms with Crippen LogP contribution in [0, 0.1) is 11.7 Å². The minimum absolute atomic E-state index is 0.0963. The lowest BCUT2D eigenvalue weighted by Gasteiger charge is -2.37. The number of hydrogen-bond acceptors (Lipinski definition) is 5. The molecule has 3 rings (SSSR count). The molecule has 2 aliphatic heterocycles. The van der Waals surface area contributed by atoms with E-state index >= 15 is 0 Å². The Hall–Kier alpha value is -2.35. The maximum Gasteiger partial charge on any atom is 0.409 e. The Morgan fingerprint density at radius 2 is 1.67 bits per heavy atom. The minimum Gasteiger partial charge on any atom is -0.449 e. The number of para-hydroxylation sites is 1. The molecule has 2 heterocycles. The summed E-state index contributed by atoms with van der Waals surface area (Å²) in [7, 11) is 0. The number of nitrogens with zero attached hydrogens (tertiary/aromatic N) is 4. The summed E-state index contributed by atoms with van der Waals surface area (Å²) in [5, 5.41) is 0. The van der Waals surface area contributed by atoms with Crippen molar-refractivity contribution in [1.82, 2.24) is 14.7 Å². The number of hydrogen-bond donors (Lipinski definition) is 0. The quantitative estimate of drug-likeness (QED) is 0.732. The minimum atomic E-state index is -0.263. The van der Waals surface area contributed by atoms with Crippen molar-refractivity contribution in [3.05, 3.63) is 30.1 Å². The summed E-state index contributed by atoms with van der Waals surface area (Å²) in [4.78, 5) is 32.6. The molecule has 0 bridgehead atoms. The largest absolute Gasteiger partial charge is 0.449 e. The third-order valence-electron chi connectivity index (χ3n) is 5.57. The average molecular weight is 421 g/mol. The van der Waals surface area contributed by atoms with Gasteiger partial charge in [0.15, 0.2) is 0 Å². The molecular formula is C22H33FN4O3. The normalized spacial score (nSPS) is 18.5. The topological polar surface area (TPSA) is 56.3 Å². The number of carbonyl (C=O) groups excluding carboxylic acids is 2. The third-order valence-corrected chi connectivity index (χ3v) is 5.57. The first-order chi connectivity index (χ1) is 14.4. The third kappa shape index (κ3) is 6.08. The van der Waals surface area contributed by atoms with Crippen LogP contribution in [-0.2, 0) is 9.53 Å². The molecule has 0 aliphatic carbocycles. The molecule has 0 spiro atoms. The first kappa shape index (κ1) is 22.3. The van der Waals surface area contributed by atoms with Crippen LogP contribution in [0.5, 0.6) is 0 Å². The fraction of sp³-hybridized carbons (Fsp3) is 0.636. The summed E-state index contributed by atoms with van der Waals surface area (Å²) in [6.45, 7) is 9.93. The number of rotatable bonds is 5. The highest BCUT2D eigenvalue weighted by molar-refractivity contribution is 5.78. The maximum absolute atomic E-state index is 14.0. The van der Waals surface area contributed by atoms with Gasteiger partial charge in [-0.1, -0.05) is 26.0 Å². The van der Waals surface area contributed by atoms with Gasteiger partial charge in [0.1, 0.15) is 5.82 Å². The van der Waals surface area contributed by atoms with Crippen molar-refractivity contribution in [1.29, 1.82) is 0 Å². The van der Waals surface area contributed by atoms with E-state index < -0.39 is 0 Å². The molecule has 8 heteroatoms. The number of carbonyl (C=O) groups is 2. The zero-order chi connectivity index (χ0) is 21.5. The lowest BCUT2D eigenvalue weighted by atomic mass is 10.2. The molecular weight excluding hydrogens is 387 g/mol. The number of benzene rings is 1. The van der Waals surface area contributed by atoms with Crippen molar-refractivity contribution in [2.75, 3.05) is 70.4 Å². The lowest BCUT2D eigenvalue weighted by molar-refractivity contribution is -0.132. The van der Waals surface area contributed by atoms with Crippen LogP contribution in [0.3, 0.4) is 0 Å². The summed E-state index contributed by atoms with van der Waals surface area (Å²) in [5.74, 6) is 0.186. The highest BCUT2D eigenvalue weighted by Crippen LogP contribution is 2.20. The molecule has 2 amide bonds. The van der Waals surface area contributed by atoms with Crippen LogP contribution in [-0.4, -0.2) is 92.2 Å². The summed E-state index contributed by atoms with van der Waals surface area (Å²) in [5.41, 5.74) is 0.599. The van der Waals surface area contributed by atoms with Crippen molar-refractivity contribution < 1.29 is 18.7 Å². The Morgan fingerprint density at radius 1 is 0.967 bits per heavy atom. The Bertz CT molecular complexity index is 722. The van der Waals surface area contributed by atoms with E-state index in [4.69, 9.17) is 4.74 Å². The highest BCUT2D eigenvalue weighted by Gasteiger charge is 2.26. The van der Waals surface area contributed by atoms with Gasteiger partial charge in [-0.3, -0.25) is 9.69 Å². The van der Waals surface area contributed by atoms with Gasteiger partial charge in [-0.15, -0.1) is 0 Å². The molecule has 2 aliphatic rings. The predicted octanol–water partition coefficient (Wildman–Crippen LogP) is 2.27. The van der Waals surface area contributed by atoms with Gasteiger partial charge in [-0.2, -0.15) is 0 Å². The molecule has 0 unspecified atom stereocenters. The molecule has 0 N–H and O–H groups in total. The molecule has 0 atom stereocenters. The monoisotopic (exact) mass is 420 g/mol. The molecule has 2 fully saturated rings. The average Bonchev–Trinajstić information content (AvgIpc) is 2.98. The Labute approximate surface area is 178 Å². The van der Waals surface area contributed by atoms with E-state index in [2.05, 4.69) is 4.90 Å². The first-order valence-corrected chi connectivity index (χ1v) is 10.9. The smallest absolute Gasteiger partial charge is 0.409 e. The maximum atomic E-state index is 14.0. The lowest BCUT2D eigenvalue weighted by Crippen LogP contribution is -2.51. The second-order valence-corrected chi connectivity index (χ2v) is 8.41. The molecule has 2 saturated heterocycles. The van der Waals surface area contributed by atoms with E-state index in [0.717, 1.165) is 13.0 Å². The fourth-order valence-electron chi connectivity index (χ4n) is 3.84. The van der Waals surface area contributed by atoms with Crippen LogP contribution >= 0.6 is 0 Å². The number of amides is 2. The molecule has 0 radical (unpaired) electrons. The first-order valence-electron chi connectivity index (χ1n) is 10.9. The predicted molar refractivity (Wildman–Crippen MR) is 114 cm³/mol. The van der Waals surface area contributed by atoms with Gasteiger partial charge in [0, 0.05) is 52.4 Å². The van der Waals surface area contributed by atoms with Crippen molar-refractivity contribution >= 4 is 17.7 Å². The zero-order valence-corrected chi connectivity index (χ0v) is 18.1. The SMILES string of the molecule is CC(C)COC(=O)N1CCCN(CC(=O)N2CCN(c3ccccc3F)CC2)CC1. The molecule has 166 valence electrons. The van der Waals surface area contributed by atoms with Gasteiger partial charge < -0.3 is 19.4 Å². The van der Waals surface area contributed by atoms with E-state index in [0.29, 0.717) is 70.6 Å². The summed E-state index contributed by atoms with van der Waals surface area (Å²) in [6.07, 6.45) is 0.562. The number of piperazine rings is 1. The van der Waals surface area contributed by atoms with Crippen molar-refractivity contribution in [2.45, 2.75) is 20.3 Å². The van der Waals surface area contributed by atoms with Gasteiger partial charge in [0.05, 0.1) is 18.8 Å². The Balaban J connectivity index is 1.43. The van der Waals surface area contributed by atoms with Crippen LogP contribution < -0.4 is 4.90 Å². The van der Waals surface area contributed by atoms with Crippen LogP contribution in [0.25, 0.3) is 0 Å². The molecule has 0 saturated carbocycles. The molecule has 30 heavy (non-hydrogen) atoms. The molecule has 1 aromatic rings. The van der Waals surface area contributed by atoms with E-state index in [9.17, 15) is 14.0 Å². The van der Waals surface area contributed by atoms with Crippen molar-refractivity contribution in [3.8, 4) is 0 Å². The highest BCUT2D eigenvalue weighted by atomic mass is 19.1. The van der Waals surface area contributed by atoms with Crippen LogP contribution in [0.15, 0.2) is 24.3 Å². The zero-order valence-electron chi connectivity index (χ0n) is 18.1. The van der Waals surface area contributed by atoms with E-state index in [1.54, 1.807) is 17.0 Å². The van der Waals surface area contributed by atoms with Gasteiger partial charge in [0.25, 0.3) is 0 Å². The van der Waals surface area contributed by atoms with E-state index in [1.807, 2.05) is 29.7 Å². The molecule has 0 aromatic heterocycles. The fourth-order valence-corrected chi connectivity index (χ4v) is 3.84. The Morgan fingerprint density at radius 3 is 2.37 bits per heavy atom. The van der Waals surface area contributed by atoms with Gasteiger partial charge in [-0.05, 0) is 24.5 Å². The van der Waals surface area contributed by atoms with Crippen LogP contribution in [0.4, 0.5) is 14.9 Å². The second-order valence-electron chi connectivity index (χ2n) is 8.41. The second kappa shape index (κ2) is 10.6. The number of ether oxygens (including phenoxy) is 1. The summed E-state index contributed by atoms with van der Waals surface area (Å²) in [6, 6.07) is 6.76.